The van der Waals surface area contributed by atoms with Crippen molar-refractivity contribution in [3.05, 3.63) is 89.5 Å². The Balaban J connectivity index is 1.43. The number of aromatic hydroxyl groups is 1. The summed E-state index contributed by atoms with van der Waals surface area (Å²) in [5.74, 6) is -1.23. The predicted molar refractivity (Wildman–Crippen MR) is 111 cm³/mol. The van der Waals surface area contributed by atoms with Crippen LogP contribution in [0.3, 0.4) is 0 Å². The lowest BCUT2D eigenvalue weighted by molar-refractivity contribution is -0.139. The summed E-state index contributed by atoms with van der Waals surface area (Å²) in [6.45, 7) is 0.109. The molecule has 0 bridgehead atoms. The van der Waals surface area contributed by atoms with E-state index in [2.05, 4.69) is 5.32 Å². The number of amides is 1. The number of carboxylic acids is 1. The van der Waals surface area contributed by atoms with Crippen molar-refractivity contribution in [1.82, 2.24) is 5.32 Å². The van der Waals surface area contributed by atoms with Gasteiger partial charge >= 0.3 is 12.1 Å². The minimum Gasteiger partial charge on any atom is -0.508 e. The fraction of sp³-hybridized carbons (Fsp3) is 0.167. The molecule has 152 valence electrons. The van der Waals surface area contributed by atoms with E-state index in [1.807, 2.05) is 48.5 Å². The van der Waals surface area contributed by atoms with Crippen LogP contribution < -0.4 is 5.32 Å². The van der Waals surface area contributed by atoms with Crippen LogP contribution in [0.4, 0.5) is 4.79 Å². The van der Waals surface area contributed by atoms with E-state index in [-0.39, 0.29) is 24.7 Å². The summed E-state index contributed by atoms with van der Waals surface area (Å²) < 4.78 is 5.42. The largest absolute Gasteiger partial charge is 0.508 e. The molecule has 30 heavy (non-hydrogen) atoms. The average molecular weight is 403 g/mol. The van der Waals surface area contributed by atoms with Crippen LogP contribution >= 0.6 is 0 Å². The molecule has 0 aliphatic heterocycles. The molecular formula is C24H21NO5. The van der Waals surface area contributed by atoms with Gasteiger partial charge in [0.25, 0.3) is 0 Å². The van der Waals surface area contributed by atoms with Crippen LogP contribution in [0.15, 0.2) is 72.8 Å². The molecule has 4 rings (SSSR count). The molecule has 1 amide bonds. The number of ether oxygens (including phenoxy) is 1. The van der Waals surface area contributed by atoms with Gasteiger partial charge in [-0.05, 0) is 39.9 Å². The van der Waals surface area contributed by atoms with Crippen molar-refractivity contribution in [3.63, 3.8) is 0 Å². The summed E-state index contributed by atoms with van der Waals surface area (Å²) in [6, 6.07) is 21.1. The molecule has 0 spiro atoms. The van der Waals surface area contributed by atoms with Crippen molar-refractivity contribution >= 4 is 12.1 Å². The zero-order chi connectivity index (χ0) is 21.1. The van der Waals surface area contributed by atoms with Crippen LogP contribution in [-0.4, -0.2) is 34.9 Å². The van der Waals surface area contributed by atoms with E-state index in [0.717, 1.165) is 22.3 Å². The Kier molecular flexibility index (Phi) is 5.39. The Hall–Kier alpha value is -3.80. The number of carbonyl (C=O) groups excluding carboxylic acids is 1. The summed E-state index contributed by atoms with van der Waals surface area (Å²) in [6.07, 6.45) is -0.752. The molecule has 1 atom stereocenters. The lowest BCUT2D eigenvalue weighted by atomic mass is 9.98. The van der Waals surface area contributed by atoms with Gasteiger partial charge in [-0.3, -0.25) is 0 Å². The Bertz CT molecular complexity index is 1050. The molecule has 6 heteroatoms. The van der Waals surface area contributed by atoms with Gasteiger partial charge in [0.2, 0.25) is 0 Å². The first-order valence-electron chi connectivity index (χ1n) is 9.65. The van der Waals surface area contributed by atoms with E-state index in [0.29, 0.717) is 5.56 Å². The summed E-state index contributed by atoms with van der Waals surface area (Å²) in [7, 11) is 0. The molecule has 0 aromatic heterocycles. The van der Waals surface area contributed by atoms with Crippen LogP contribution in [-0.2, 0) is 16.0 Å². The van der Waals surface area contributed by atoms with Gasteiger partial charge in [0.05, 0.1) is 0 Å². The van der Waals surface area contributed by atoms with Crippen LogP contribution in [0.1, 0.15) is 22.6 Å². The second-order valence-electron chi connectivity index (χ2n) is 7.23. The number of rotatable bonds is 6. The molecule has 0 saturated carbocycles. The number of aliphatic carboxylic acids is 1. The molecule has 0 radical (unpaired) electrons. The van der Waals surface area contributed by atoms with E-state index in [1.54, 1.807) is 12.1 Å². The van der Waals surface area contributed by atoms with Crippen molar-refractivity contribution in [2.75, 3.05) is 6.61 Å². The first-order valence-corrected chi connectivity index (χ1v) is 9.65. The van der Waals surface area contributed by atoms with Crippen molar-refractivity contribution in [3.8, 4) is 16.9 Å². The molecule has 1 aliphatic carbocycles. The topological polar surface area (TPSA) is 95.9 Å². The van der Waals surface area contributed by atoms with Gasteiger partial charge < -0.3 is 20.3 Å². The summed E-state index contributed by atoms with van der Waals surface area (Å²) in [4.78, 5) is 23.9. The quantitative estimate of drug-likeness (QED) is 0.580. The van der Waals surface area contributed by atoms with Crippen LogP contribution in [0.25, 0.3) is 11.1 Å². The number of phenolic OH excluding ortho intramolecular Hbond substituents is 1. The lowest BCUT2D eigenvalue weighted by Gasteiger charge is -2.17. The highest BCUT2D eigenvalue weighted by molar-refractivity contribution is 5.81. The second-order valence-corrected chi connectivity index (χ2v) is 7.23. The number of hydrogen-bond acceptors (Lipinski definition) is 4. The summed E-state index contributed by atoms with van der Waals surface area (Å²) in [5, 5.41) is 21.4. The van der Waals surface area contributed by atoms with Crippen molar-refractivity contribution < 1.29 is 24.5 Å². The minimum atomic E-state index is -1.17. The normalized spacial score (nSPS) is 13.2. The zero-order valence-electron chi connectivity index (χ0n) is 16.1. The van der Waals surface area contributed by atoms with Gasteiger partial charge in [-0.25, -0.2) is 9.59 Å². The Morgan fingerprint density at radius 3 is 2.17 bits per heavy atom. The van der Waals surface area contributed by atoms with Crippen LogP contribution in [0, 0.1) is 0 Å². The molecule has 6 nitrogen and oxygen atoms in total. The van der Waals surface area contributed by atoms with Gasteiger partial charge in [-0.15, -0.1) is 0 Å². The van der Waals surface area contributed by atoms with E-state index in [4.69, 9.17) is 4.74 Å². The maximum atomic E-state index is 12.3. The molecule has 0 heterocycles. The maximum Gasteiger partial charge on any atom is 0.407 e. The number of carbonyl (C=O) groups is 2. The molecular weight excluding hydrogens is 382 g/mol. The van der Waals surface area contributed by atoms with Gasteiger partial charge in [0.1, 0.15) is 18.4 Å². The molecule has 0 fully saturated rings. The number of hydrogen-bond donors (Lipinski definition) is 3. The van der Waals surface area contributed by atoms with E-state index in [1.165, 1.54) is 12.1 Å². The highest BCUT2D eigenvalue weighted by Gasteiger charge is 2.29. The summed E-state index contributed by atoms with van der Waals surface area (Å²) in [5.41, 5.74) is 5.01. The monoisotopic (exact) mass is 403 g/mol. The highest BCUT2D eigenvalue weighted by atomic mass is 16.5. The third kappa shape index (κ3) is 3.98. The van der Waals surface area contributed by atoms with E-state index >= 15 is 0 Å². The molecule has 3 aromatic carbocycles. The zero-order valence-corrected chi connectivity index (χ0v) is 16.1. The number of benzene rings is 3. The fourth-order valence-electron chi connectivity index (χ4n) is 3.90. The number of phenols is 1. The van der Waals surface area contributed by atoms with Gasteiger partial charge in [-0.1, -0.05) is 60.7 Å². The molecule has 0 saturated heterocycles. The fourth-order valence-corrected chi connectivity index (χ4v) is 3.90. The van der Waals surface area contributed by atoms with Crippen LogP contribution in [0.2, 0.25) is 0 Å². The van der Waals surface area contributed by atoms with Crippen molar-refractivity contribution in [2.24, 2.45) is 0 Å². The summed E-state index contributed by atoms with van der Waals surface area (Å²) >= 11 is 0. The number of fused-ring (bicyclic) bond motifs is 3. The Morgan fingerprint density at radius 1 is 0.933 bits per heavy atom. The van der Waals surface area contributed by atoms with Gasteiger partial charge in [-0.2, -0.15) is 0 Å². The minimum absolute atomic E-state index is 0.0356. The van der Waals surface area contributed by atoms with Gasteiger partial charge in [0.15, 0.2) is 0 Å². The van der Waals surface area contributed by atoms with Crippen molar-refractivity contribution in [2.45, 2.75) is 18.4 Å². The van der Waals surface area contributed by atoms with E-state index in [9.17, 15) is 19.8 Å². The Morgan fingerprint density at radius 2 is 1.57 bits per heavy atom. The smallest absolute Gasteiger partial charge is 0.407 e. The third-order valence-corrected chi connectivity index (χ3v) is 5.28. The van der Waals surface area contributed by atoms with Crippen LogP contribution in [0.5, 0.6) is 5.75 Å². The standard InChI is InChI=1S/C24H21NO5/c26-16-7-5-6-15(12-16)13-22(23(27)28)25-24(29)30-14-21-19-10-3-1-8-17(19)18-9-2-4-11-20(18)21/h1-12,21-22,26H,13-14H2,(H,25,29)(H,27,28). The van der Waals surface area contributed by atoms with Crippen molar-refractivity contribution in [1.29, 1.82) is 0 Å². The predicted octanol–water partition coefficient (Wildman–Crippen LogP) is 3.93. The lowest BCUT2D eigenvalue weighted by Crippen LogP contribution is -2.42. The number of alkyl carbamates (subject to hydrolysis) is 1. The number of carboxylic acid groups (broad SMARTS) is 1. The highest BCUT2D eigenvalue weighted by Crippen LogP contribution is 2.44. The second kappa shape index (κ2) is 8.29. The first kappa shape index (κ1) is 19.5. The molecule has 1 unspecified atom stereocenters. The SMILES string of the molecule is O=C(NC(Cc1cccc(O)c1)C(=O)O)OCC1c2ccccc2-c2ccccc21. The average Bonchev–Trinajstić information content (AvgIpc) is 3.06. The maximum absolute atomic E-state index is 12.3. The number of nitrogens with one attached hydrogen (secondary N) is 1. The molecule has 1 aliphatic rings. The van der Waals surface area contributed by atoms with E-state index < -0.39 is 18.1 Å². The molecule has 3 N–H and O–H groups in total. The Labute approximate surface area is 173 Å². The third-order valence-electron chi connectivity index (χ3n) is 5.28. The molecule has 3 aromatic rings. The van der Waals surface area contributed by atoms with Gasteiger partial charge in [0, 0.05) is 12.3 Å². The first-order chi connectivity index (χ1) is 14.5.